The molecule has 1 aromatic rings. The molecule has 24 heavy (non-hydrogen) atoms. The first-order valence-electron chi connectivity index (χ1n) is 8.83. The van der Waals surface area contributed by atoms with E-state index in [9.17, 15) is 4.79 Å². The summed E-state index contributed by atoms with van der Waals surface area (Å²) < 4.78 is 10.9. The van der Waals surface area contributed by atoms with Crippen molar-refractivity contribution in [1.82, 2.24) is 15.3 Å². The van der Waals surface area contributed by atoms with Crippen LogP contribution >= 0.6 is 0 Å². The van der Waals surface area contributed by atoms with E-state index in [1.807, 2.05) is 6.07 Å². The van der Waals surface area contributed by atoms with Gasteiger partial charge >= 0.3 is 0 Å². The lowest BCUT2D eigenvalue weighted by molar-refractivity contribution is -0.184. The van der Waals surface area contributed by atoms with Gasteiger partial charge in [0.05, 0.1) is 19.6 Å². The van der Waals surface area contributed by atoms with Gasteiger partial charge in [0.2, 0.25) is 5.91 Å². The molecule has 1 amide bonds. The highest BCUT2D eigenvalue weighted by Gasteiger charge is 2.24. The van der Waals surface area contributed by atoms with Gasteiger partial charge in [-0.3, -0.25) is 4.79 Å². The Balaban J connectivity index is 1.52. The maximum absolute atomic E-state index is 12.2. The van der Waals surface area contributed by atoms with Crippen LogP contribution in [0.1, 0.15) is 38.3 Å². The number of piperidine rings is 1. The van der Waals surface area contributed by atoms with E-state index in [4.69, 9.17) is 9.47 Å². The third kappa shape index (κ3) is 4.64. The third-order valence-electron chi connectivity index (χ3n) is 4.43. The maximum atomic E-state index is 12.2. The van der Waals surface area contributed by atoms with E-state index in [1.165, 1.54) is 0 Å². The zero-order chi connectivity index (χ0) is 16.8. The van der Waals surface area contributed by atoms with E-state index >= 15 is 0 Å². The average molecular weight is 334 g/mol. The minimum Gasteiger partial charge on any atom is -0.354 e. The summed E-state index contributed by atoms with van der Waals surface area (Å²) in [4.78, 5) is 23.1. The Hall–Kier alpha value is -1.73. The third-order valence-corrected chi connectivity index (χ3v) is 4.43. The van der Waals surface area contributed by atoms with Crippen LogP contribution in [0.5, 0.6) is 0 Å². The number of amides is 1. The number of hydrogen-bond donors (Lipinski definition) is 1. The molecular weight excluding hydrogens is 308 g/mol. The Bertz CT molecular complexity index is 548. The molecule has 2 fully saturated rings. The molecule has 7 heteroatoms. The average Bonchev–Trinajstić information content (AvgIpc) is 2.63. The van der Waals surface area contributed by atoms with Crippen molar-refractivity contribution in [3.63, 3.8) is 0 Å². The number of nitrogens with zero attached hydrogens (tertiary/aromatic N) is 3. The first-order valence-corrected chi connectivity index (χ1v) is 8.83. The molecule has 0 radical (unpaired) electrons. The van der Waals surface area contributed by atoms with E-state index in [-0.39, 0.29) is 18.4 Å². The quantitative estimate of drug-likeness (QED) is 0.874. The van der Waals surface area contributed by atoms with Crippen molar-refractivity contribution in [1.29, 1.82) is 0 Å². The summed E-state index contributed by atoms with van der Waals surface area (Å²) in [5, 5.41) is 3.11. The molecule has 1 aromatic heterocycles. The van der Waals surface area contributed by atoms with Gasteiger partial charge in [-0.15, -0.1) is 0 Å². The minimum atomic E-state index is -0.396. The van der Waals surface area contributed by atoms with Crippen LogP contribution in [0.2, 0.25) is 0 Å². The Kier molecular flexibility index (Phi) is 5.98. The molecule has 1 atom stereocenters. The van der Waals surface area contributed by atoms with Crippen molar-refractivity contribution in [3.8, 4) is 0 Å². The molecule has 0 saturated carbocycles. The molecule has 2 aliphatic rings. The summed E-state index contributed by atoms with van der Waals surface area (Å²) in [6, 6.07) is 2.17. The number of ether oxygens (including phenoxy) is 2. The lowest BCUT2D eigenvalue weighted by atomic mass is 10.1. The largest absolute Gasteiger partial charge is 0.354 e. The molecule has 0 aliphatic carbocycles. The van der Waals surface area contributed by atoms with E-state index < -0.39 is 6.29 Å². The van der Waals surface area contributed by atoms with Crippen molar-refractivity contribution in [2.45, 2.75) is 51.4 Å². The molecule has 0 aromatic carbocycles. The van der Waals surface area contributed by atoms with Gasteiger partial charge in [-0.25, -0.2) is 9.97 Å². The number of hydrogen-bond acceptors (Lipinski definition) is 6. The highest BCUT2D eigenvalue weighted by Crippen LogP contribution is 2.18. The first-order chi connectivity index (χ1) is 11.7. The second-order valence-electron chi connectivity index (χ2n) is 6.30. The van der Waals surface area contributed by atoms with Crippen LogP contribution in [0, 0.1) is 0 Å². The molecule has 0 bridgehead atoms. The fourth-order valence-corrected chi connectivity index (χ4v) is 3.15. The number of aryl methyl sites for hydroxylation is 1. The summed E-state index contributed by atoms with van der Waals surface area (Å²) in [7, 11) is 0. The predicted molar refractivity (Wildman–Crippen MR) is 89.7 cm³/mol. The second kappa shape index (κ2) is 8.39. The summed E-state index contributed by atoms with van der Waals surface area (Å²) in [6.07, 6.45) is 5.30. The minimum absolute atomic E-state index is 0.00863. The molecule has 1 N–H and O–H groups in total. The Morgan fingerprint density at radius 1 is 1.33 bits per heavy atom. The zero-order valence-corrected chi connectivity index (χ0v) is 14.2. The number of nitrogens with one attached hydrogen (secondary N) is 1. The van der Waals surface area contributed by atoms with Gasteiger partial charge in [0.25, 0.3) is 0 Å². The van der Waals surface area contributed by atoms with E-state index in [1.54, 1.807) is 6.33 Å². The topological polar surface area (TPSA) is 76.6 Å². The number of aromatic nitrogens is 2. The normalized spacial score (nSPS) is 22.4. The number of carbonyl (C=O) groups is 1. The molecule has 7 nitrogen and oxygen atoms in total. The van der Waals surface area contributed by atoms with E-state index in [0.717, 1.165) is 50.3 Å². The fraction of sp³-hybridized carbons (Fsp3) is 0.706. The number of carbonyl (C=O) groups excluding carboxylic acids is 1. The van der Waals surface area contributed by atoms with Crippen molar-refractivity contribution in [3.05, 3.63) is 18.1 Å². The van der Waals surface area contributed by atoms with Gasteiger partial charge in [-0.2, -0.15) is 0 Å². The second-order valence-corrected chi connectivity index (χ2v) is 6.30. The van der Waals surface area contributed by atoms with Gasteiger partial charge in [-0.05, 0) is 25.7 Å². The van der Waals surface area contributed by atoms with Crippen molar-refractivity contribution in [2.75, 3.05) is 31.2 Å². The monoisotopic (exact) mass is 334 g/mol. The van der Waals surface area contributed by atoms with Crippen molar-refractivity contribution < 1.29 is 14.3 Å². The fourth-order valence-electron chi connectivity index (χ4n) is 3.15. The van der Waals surface area contributed by atoms with Crippen molar-refractivity contribution >= 4 is 11.7 Å². The summed E-state index contributed by atoms with van der Waals surface area (Å²) in [5.74, 6) is 0.936. The Morgan fingerprint density at radius 3 is 2.96 bits per heavy atom. The van der Waals surface area contributed by atoms with Crippen LogP contribution in [0.25, 0.3) is 0 Å². The molecule has 3 heterocycles. The van der Waals surface area contributed by atoms with Gasteiger partial charge in [0.1, 0.15) is 12.1 Å². The maximum Gasteiger partial charge on any atom is 0.225 e. The highest BCUT2D eigenvalue weighted by atomic mass is 16.7. The number of anilines is 1. The molecule has 3 rings (SSSR count). The smallest absolute Gasteiger partial charge is 0.225 e. The molecule has 0 spiro atoms. The molecule has 0 unspecified atom stereocenters. The standard InChI is InChI=1S/C17H26N4O3/c1-2-13-9-15(19-12-18-13)21-6-3-5-14(11-21)20-16(22)10-17-23-7-4-8-24-17/h9,12,14,17H,2-8,10-11H2,1H3,(H,20,22)/t14-/m1/s1. The van der Waals surface area contributed by atoms with Gasteiger partial charge < -0.3 is 19.7 Å². The SMILES string of the molecule is CCc1cc(N2CCC[C@@H](NC(=O)CC3OCCCO3)C2)ncn1. The lowest BCUT2D eigenvalue weighted by Crippen LogP contribution is -2.48. The Morgan fingerprint density at radius 2 is 2.17 bits per heavy atom. The summed E-state index contributed by atoms with van der Waals surface area (Å²) in [5.41, 5.74) is 1.04. The van der Waals surface area contributed by atoms with Crippen LogP contribution < -0.4 is 10.2 Å². The van der Waals surface area contributed by atoms with E-state index in [2.05, 4.69) is 27.1 Å². The summed E-state index contributed by atoms with van der Waals surface area (Å²) >= 11 is 0. The van der Waals surface area contributed by atoms with Crippen LogP contribution in [-0.4, -0.2) is 54.5 Å². The van der Waals surface area contributed by atoms with Crippen LogP contribution in [0.4, 0.5) is 5.82 Å². The molecule has 2 saturated heterocycles. The molecular formula is C17H26N4O3. The first kappa shape index (κ1) is 17.1. The van der Waals surface area contributed by atoms with Crippen molar-refractivity contribution in [2.24, 2.45) is 0 Å². The molecule has 2 aliphatic heterocycles. The van der Waals surface area contributed by atoms with Crippen LogP contribution in [-0.2, 0) is 20.7 Å². The summed E-state index contributed by atoms with van der Waals surface area (Å²) in [6.45, 7) is 5.16. The van der Waals surface area contributed by atoms with Gasteiger partial charge in [-0.1, -0.05) is 6.92 Å². The Labute approximate surface area is 142 Å². The molecule has 132 valence electrons. The predicted octanol–water partition coefficient (Wildman–Crippen LogP) is 1.28. The number of rotatable bonds is 5. The van der Waals surface area contributed by atoms with Gasteiger partial charge in [0.15, 0.2) is 6.29 Å². The van der Waals surface area contributed by atoms with Crippen LogP contribution in [0.15, 0.2) is 12.4 Å². The zero-order valence-electron chi connectivity index (χ0n) is 14.2. The lowest BCUT2D eigenvalue weighted by Gasteiger charge is -2.34. The highest BCUT2D eigenvalue weighted by molar-refractivity contribution is 5.76. The van der Waals surface area contributed by atoms with Gasteiger partial charge in [0, 0.05) is 30.9 Å². The van der Waals surface area contributed by atoms with E-state index in [0.29, 0.717) is 13.2 Å². The van der Waals surface area contributed by atoms with Crippen LogP contribution in [0.3, 0.4) is 0 Å².